The van der Waals surface area contributed by atoms with Gasteiger partial charge in [0, 0.05) is 95.0 Å². The zero-order valence-electron chi connectivity index (χ0n) is 40.6. The minimum atomic E-state index is -1.65. The molecule has 2 saturated heterocycles. The van der Waals surface area contributed by atoms with E-state index >= 15 is 0 Å². The minimum absolute atomic E-state index is 0.00440. The van der Waals surface area contributed by atoms with Crippen molar-refractivity contribution in [2.45, 2.75) is 175 Å². The van der Waals surface area contributed by atoms with Crippen LogP contribution in [-0.2, 0) is 38.2 Å². The molecule has 0 aromatic carbocycles. The third-order valence-electron chi connectivity index (χ3n) is 12.2. The average molecular weight is 1020 g/mol. The van der Waals surface area contributed by atoms with Gasteiger partial charge in [-0.25, -0.2) is 9.79 Å². The van der Waals surface area contributed by atoms with Crippen molar-refractivity contribution >= 4 is 47.5 Å². The molecule has 7 amide bonds. The van der Waals surface area contributed by atoms with Gasteiger partial charge in [0.2, 0.25) is 35.4 Å². The lowest BCUT2D eigenvalue weighted by atomic mass is 9.95. The summed E-state index contributed by atoms with van der Waals surface area (Å²) in [6, 6.07) is -5.13. The summed E-state index contributed by atoms with van der Waals surface area (Å²) in [5.74, 6) is -1.82. The Kier molecular flexibility index (Phi) is 27.3. The fraction of sp³-hybridized carbons (Fsp3) is 0.814. The molecule has 3 aliphatic rings. The van der Waals surface area contributed by atoms with E-state index in [-0.39, 0.29) is 86.9 Å². The maximum absolute atomic E-state index is 13.2. The van der Waals surface area contributed by atoms with Crippen LogP contribution in [0.4, 0.5) is 4.79 Å². The molecule has 3 heterocycles. The summed E-state index contributed by atoms with van der Waals surface area (Å²) in [5, 5.41) is 53.7. The molecular weight excluding hydrogens is 933 g/mol. The van der Waals surface area contributed by atoms with Gasteiger partial charge in [-0.15, -0.1) is 0 Å². The first-order chi connectivity index (χ1) is 33.8. The van der Waals surface area contributed by atoms with E-state index in [0.29, 0.717) is 84.0 Å². The molecule has 71 heavy (non-hydrogen) atoms. The fourth-order valence-electron chi connectivity index (χ4n) is 8.32. The number of aliphatic hydroxyl groups is 3. The molecule has 0 radical (unpaired) electrons. The van der Waals surface area contributed by atoms with Gasteiger partial charge in [-0.3, -0.25) is 28.8 Å². The van der Waals surface area contributed by atoms with E-state index in [4.69, 9.17) is 49.6 Å². The SMILES string of the molecule is NCCC[C@H](N)CC(=O)NCCC[C@H](N)CC(=O)NCCC[C@H](N)CC(=O)NCCC[C@H](N)CC(=O)NCCC[C@H](N)CC(=O)N[C@@H]1[C@@H](O)[C@@H](OC(N)=O)[C@H](CO)O[C@H]1NC1=N[C@@H]2C(=O)NC[C@@H](O)[C@H]2N1. The Labute approximate surface area is 413 Å². The van der Waals surface area contributed by atoms with Crippen LogP contribution in [-0.4, -0.2) is 188 Å². The minimum Gasteiger partial charge on any atom is -0.441 e. The number of hydrogen-bond acceptors (Lipinski definition) is 21. The van der Waals surface area contributed by atoms with Crippen molar-refractivity contribution in [3.63, 3.8) is 0 Å². The number of nitrogens with one attached hydrogen (secondary N) is 8. The second kappa shape index (κ2) is 32.1. The molecule has 0 unspecified atom stereocenters. The summed E-state index contributed by atoms with van der Waals surface area (Å²) < 4.78 is 10.9. The predicted octanol–water partition coefficient (Wildman–Crippen LogP) is -7.30. The lowest BCUT2D eigenvalue weighted by molar-refractivity contribution is -0.198. The van der Waals surface area contributed by atoms with Gasteiger partial charge in [-0.05, 0) is 70.8 Å². The Bertz CT molecular complexity index is 1740. The number of aliphatic imine (C=N–C) groups is 1. The Balaban J connectivity index is 1.24. The largest absolute Gasteiger partial charge is 0.441 e. The zero-order chi connectivity index (χ0) is 52.5. The van der Waals surface area contributed by atoms with Crippen LogP contribution in [0, 0.1) is 0 Å². The van der Waals surface area contributed by atoms with Gasteiger partial charge in [-0.2, -0.15) is 0 Å². The highest BCUT2D eigenvalue weighted by Gasteiger charge is 2.49. The number of fused-ring (bicyclic) bond motifs is 1. The van der Waals surface area contributed by atoms with Gasteiger partial charge in [0.15, 0.2) is 24.3 Å². The monoisotopic (exact) mass is 1010 g/mol. The van der Waals surface area contributed by atoms with Crippen LogP contribution in [0.5, 0.6) is 0 Å². The van der Waals surface area contributed by atoms with E-state index in [2.05, 4.69) is 47.5 Å². The molecule has 0 bridgehead atoms. The van der Waals surface area contributed by atoms with Gasteiger partial charge in [0.1, 0.15) is 18.2 Å². The lowest BCUT2D eigenvalue weighted by Gasteiger charge is -2.44. The summed E-state index contributed by atoms with van der Waals surface area (Å²) in [7, 11) is 0. The van der Waals surface area contributed by atoms with Crippen molar-refractivity contribution in [2.24, 2.45) is 45.1 Å². The molecule has 3 rings (SSSR count). The van der Waals surface area contributed by atoms with Gasteiger partial charge in [-0.1, -0.05) is 0 Å². The van der Waals surface area contributed by atoms with Gasteiger partial charge in [0.05, 0.1) is 18.8 Å². The lowest BCUT2D eigenvalue weighted by Crippen LogP contribution is -2.70. The Morgan fingerprint density at radius 2 is 1.11 bits per heavy atom. The highest BCUT2D eigenvalue weighted by molar-refractivity contribution is 5.93. The molecule has 0 aromatic rings. The topological polar surface area (TPSA) is 489 Å². The summed E-state index contributed by atoms with van der Waals surface area (Å²) >= 11 is 0. The number of ether oxygens (including phenoxy) is 2. The maximum atomic E-state index is 13.2. The molecule has 0 spiro atoms. The number of guanidine groups is 1. The zero-order valence-corrected chi connectivity index (χ0v) is 40.6. The number of hydrogen-bond donors (Lipinski definition) is 18. The molecular formula is C43H82N16O12. The molecule has 28 heteroatoms. The van der Waals surface area contributed by atoms with E-state index in [1.807, 2.05) is 0 Å². The molecule has 25 N–H and O–H groups in total. The predicted molar refractivity (Wildman–Crippen MR) is 259 cm³/mol. The Morgan fingerprint density at radius 1 is 0.690 bits per heavy atom. The molecule has 2 fully saturated rings. The molecule has 0 aromatic heterocycles. The van der Waals surface area contributed by atoms with Crippen molar-refractivity contribution in [3.8, 4) is 0 Å². The first-order valence-corrected chi connectivity index (χ1v) is 24.6. The number of β-amino-alcohol motifs (C(OH)–C–C–N with tert-alkyl or cyclic N) is 1. The first kappa shape index (κ1) is 60.3. The number of primary amides is 1. The van der Waals surface area contributed by atoms with Crippen LogP contribution in [0.1, 0.15) is 96.3 Å². The number of carbonyl (C=O) groups is 7. The molecule has 13 atom stereocenters. The maximum Gasteiger partial charge on any atom is 0.404 e. The molecule has 28 nitrogen and oxygen atoms in total. The smallest absolute Gasteiger partial charge is 0.404 e. The average Bonchev–Trinajstić information content (AvgIpc) is 3.74. The van der Waals surface area contributed by atoms with Gasteiger partial charge < -0.3 is 107 Å². The van der Waals surface area contributed by atoms with E-state index in [0.717, 1.165) is 6.42 Å². The Morgan fingerprint density at radius 3 is 1.51 bits per heavy atom. The third-order valence-corrected chi connectivity index (χ3v) is 12.2. The Hall–Kier alpha value is -5.04. The number of aliphatic hydroxyl groups excluding tert-OH is 3. The van der Waals surface area contributed by atoms with Crippen LogP contribution < -0.4 is 82.7 Å². The van der Waals surface area contributed by atoms with E-state index in [1.165, 1.54) is 0 Å². The van der Waals surface area contributed by atoms with Crippen molar-refractivity contribution in [1.29, 1.82) is 0 Å². The fourth-order valence-corrected chi connectivity index (χ4v) is 8.32. The second-order valence-corrected chi connectivity index (χ2v) is 18.5. The van der Waals surface area contributed by atoms with Crippen LogP contribution in [0.3, 0.4) is 0 Å². The third kappa shape index (κ3) is 22.9. The number of rotatable bonds is 33. The molecule has 3 aliphatic heterocycles. The number of piperidine rings is 1. The van der Waals surface area contributed by atoms with Crippen molar-refractivity contribution in [3.05, 3.63) is 0 Å². The van der Waals surface area contributed by atoms with Crippen molar-refractivity contribution < 1.29 is 58.4 Å². The summed E-state index contributed by atoms with van der Waals surface area (Å²) in [6.45, 7) is 1.29. The number of carbonyl (C=O) groups excluding carboxylic acids is 7. The first-order valence-electron chi connectivity index (χ1n) is 24.6. The van der Waals surface area contributed by atoms with Gasteiger partial charge >= 0.3 is 6.09 Å². The van der Waals surface area contributed by atoms with E-state index in [1.54, 1.807) is 0 Å². The molecule has 0 saturated carbocycles. The van der Waals surface area contributed by atoms with Crippen molar-refractivity contribution in [2.75, 3.05) is 45.9 Å². The number of amides is 7. The van der Waals surface area contributed by atoms with Gasteiger partial charge in [0.25, 0.3) is 0 Å². The van der Waals surface area contributed by atoms with Crippen molar-refractivity contribution in [1.82, 2.24) is 42.5 Å². The summed E-state index contributed by atoms with van der Waals surface area (Å²) in [6.07, 6.45) is -2.02. The number of nitrogens with two attached hydrogens (primary N) is 7. The summed E-state index contributed by atoms with van der Waals surface area (Å²) in [5.41, 5.74) is 41.2. The molecule has 406 valence electrons. The standard InChI is InChI=1S/C43H82N16O12/c44-11-1-6-23(45)16-30(62)51-12-2-7-24(46)17-31(63)52-13-3-8-25(47)18-32(64)53-14-4-9-26(48)19-33(65)54-15-5-10-27(49)20-34(66)56-37-38(67)39(71-42(50)69)29(22-60)70-41(37)59-43-57-35-28(61)21-55-40(68)36(35)58-43/h23-29,35-39,41,60-61,67H,1-22,44-49H2,(H2,50,69)(H,51,62)(H,52,63)(H,53,64)(H,54,65)(H,55,68)(H,56,66)(H2,57,58,59)/t23-,24-,25-,26-,27-,28+,29-,35+,36-,37+,38+,39-,41+/m0/s1. The van der Waals surface area contributed by atoms with E-state index in [9.17, 15) is 48.9 Å². The van der Waals surface area contributed by atoms with E-state index < -0.39 is 91.4 Å². The van der Waals surface area contributed by atoms with Crippen LogP contribution in [0.15, 0.2) is 4.99 Å². The summed E-state index contributed by atoms with van der Waals surface area (Å²) in [4.78, 5) is 90.6. The molecule has 0 aliphatic carbocycles. The normalized spacial score (nSPS) is 24.8. The highest BCUT2D eigenvalue weighted by Crippen LogP contribution is 2.24. The number of nitrogens with zero attached hydrogens (tertiary/aromatic N) is 1. The van der Waals surface area contributed by atoms with Crippen LogP contribution >= 0.6 is 0 Å². The van der Waals surface area contributed by atoms with Crippen LogP contribution in [0.25, 0.3) is 0 Å². The highest BCUT2D eigenvalue weighted by atomic mass is 16.6. The second-order valence-electron chi connectivity index (χ2n) is 18.5. The van der Waals surface area contributed by atoms with Crippen LogP contribution in [0.2, 0.25) is 0 Å². The quantitative estimate of drug-likeness (QED) is 0.0272.